The number of anilines is 1. The number of aliphatic hydroxyl groups is 1. The van der Waals surface area contributed by atoms with Gasteiger partial charge in [0.15, 0.2) is 0 Å². The molecule has 2 aromatic rings. The Morgan fingerprint density at radius 2 is 1.83 bits per heavy atom. The average Bonchev–Trinajstić information content (AvgIpc) is 2.75. The molecule has 1 atom stereocenters. The number of hydrogen-bond donors (Lipinski definition) is 2. The number of carbonyl (C=O) groups excluding carboxylic acids is 1. The van der Waals surface area contributed by atoms with Gasteiger partial charge in [-0.3, -0.25) is 14.7 Å². The molecule has 4 rings (SSSR count). The zero-order chi connectivity index (χ0) is 21.2. The minimum atomic E-state index is -0.868. The Hall–Kier alpha value is -2.51. The van der Waals surface area contributed by atoms with E-state index in [2.05, 4.69) is 9.88 Å². The number of carbonyl (C=O) groups is 1. The summed E-state index contributed by atoms with van der Waals surface area (Å²) in [4.78, 5) is 21.0. The van der Waals surface area contributed by atoms with E-state index < -0.39 is 11.0 Å². The molecule has 2 saturated heterocycles. The Balaban J connectivity index is 1.44. The first-order valence-corrected chi connectivity index (χ1v) is 10.6. The number of aromatic nitrogens is 1. The molecular formula is C23H29FN4O2. The van der Waals surface area contributed by atoms with E-state index in [1.165, 1.54) is 6.07 Å². The number of β-amino-alcohol motifs (C(OH)–C–C–N with tert-alkyl or cyclic N) is 1. The Labute approximate surface area is 176 Å². The van der Waals surface area contributed by atoms with Crippen LogP contribution in [-0.4, -0.2) is 59.2 Å². The zero-order valence-corrected chi connectivity index (χ0v) is 17.1. The topological polar surface area (TPSA) is 82.7 Å². The molecule has 0 radical (unpaired) electrons. The Morgan fingerprint density at radius 1 is 1.10 bits per heavy atom. The first-order chi connectivity index (χ1) is 14.4. The van der Waals surface area contributed by atoms with Gasteiger partial charge in [0.1, 0.15) is 11.2 Å². The number of nitrogens with zero attached hydrogens (tertiary/aromatic N) is 3. The summed E-state index contributed by atoms with van der Waals surface area (Å²) in [5.41, 5.74) is 5.43. The van der Waals surface area contributed by atoms with Crippen LogP contribution in [0.15, 0.2) is 48.7 Å². The van der Waals surface area contributed by atoms with E-state index in [1.807, 2.05) is 29.2 Å². The molecule has 1 aromatic carbocycles. The molecule has 0 spiro atoms. The van der Waals surface area contributed by atoms with E-state index >= 15 is 0 Å². The van der Waals surface area contributed by atoms with Crippen LogP contribution < -0.4 is 10.6 Å². The van der Waals surface area contributed by atoms with Gasteiger partial charge in [-0.2, -0.15) is 0 Å². The molecule has 0 saturated carbocycles. The fourth-order valence-electron chi connectivity index (χ4n) is 4.91. The molecular weight excluding hydrogens is 383 g/mol. The van der Waals surface area contributed by atoms with Gasteiger partial charge < -0.3 is 15.7 Å². The van der Waals surface area contributed by atoms with Gasteiger partial charge in [0.2, 0.25) is 5.91 Å². The summed E-state index contributed by atoms with van der Waals surface area (Å²) < 4.78 is 14.1. The van der Waals surface area contributed by atoms with Crippen LogP contribution in [0.25, 0.3) is 0 Å². The second-order valence-corrected chi connectivity index (χ2v) is 8.64. The number of primary amides is 1. The van der Waals surface area contributed by atoms with Crippen molar-refractivity contribution in [1.29, 1.82) is 0 Å². The summed E-state index contributed by atoms with van der Waals surface area (Å²) >= 11 is 0. The molecule has 30 heavy (non-hydrogen) atoms. The first-order valence-electron chi connectivity index (χ1n) is 10.6. The predicted molar refractivity (Wildman–Crippen MR) is 114 cm³/mol. The van der Waals surface area contributed by atoms with Crippen molar-refractivity contribution in [2.24, 2.45) is 5.73 Å². The molecule has 1 aromatic heterocycles. The standard InChI is InChI=1S/C23H29FN4O2/c24-18-6-1-2-7-19(18)28-14-10-22(30,11-15-28)16-27-13-5-9-23(17-27,21(25)29)20-8-3-4-12-26-20/h1-4,6-8,12,30H,5,9-11,13-17H2,(H2,25,29). The fourth-order valence-corrected chi connectivity index (χ4v) is 4.91. The van der Waals surface area contributed by atoms with Crippen molar-refractivity contribution in [3.8, 4) is 0 Å². The van der Waals surface area contributed by atoms with Gasteiger partial charge in [-0.05, 0) is 56.5 Å². The van der Waals surface area contributed by atoms with Crippen molar-refractivity contribution in [3.05, 3.63) is 60.2 Å². The molecule has 3 N–H and O–H groups in total. The quantitative estimate of drug-likeness (QED) is 0.786. The van der Waals surface area contributed by atoms with E-state index in [1.54, 1.807) is 18.3 Å². The molecule has 6 nitrogen and oxygen atoms in total. The van der Waals surface area contributed by atoms with Gasteiger partial charge in [-0.1, -0.05) is 18.2 Å². The number of para-hydroxylation sites is 1. The third-order valence-electron chi connectivity index (χ3n) is 6.60. The highest BCUT2D eigenvalue weighted by Gasteiger charge is 2.45. The number of rotatable bonds is 5. The van der Waals surface area contributed by atoms with Gasteiger partial charge in [0, 0.05) is 32.4 Å². The molecule has 0 bridgehead atoms. The second-order valence-electron chi connectivity index (χ2n) is 8.64. The highest BCUT2D eigenvalue weighted by atomic mass is 19.1. The van der Waals surface area contributed by atoms with Crippen LogP contribution in [0.4, 0.5) is 10.1 Å². The Morgan fingerprint density at radius 3 is 2.50 bits per heavy atom. The van der Waals surface area contributed by atoms with Crippen molar-refractivity contribution in [2.45, 2.75) is 36.7 Å². The van der Waals surface area contributed by atoms with Crippen LogP contribution in [0, 0.1) is 5.82 Å². The summed E-state index contributed by atoms with van der Waals surface area (Å²) in [5, 5.41) is 11.2. The highest BCUT2D eigenvalue weighted by Crippen LogP contribution is 2.35. The van der Waals surface area contributed by atoms with Crippen molar-refractivity contribution in [2.75, 3.05) is 37.6 Å². The predicted octanol–water partition coefficient (Wildman–Crippen LogP) is 2.07. The van der Waals surface area contributed by atoms with Gasteiger partial charge in [-0.15, -0.1) is 0 Å². The molecule has 1 unspecified atom stereocenters. The SMILES string of the molecule is NC(=O)C1(c2ccccn2)CCCN(CC2(O)CCN(c3ccccc3F)CC2)C1. The van der Waals surface area contributed by atoms with Crippen LogP contribution in [0.5, 0.6) is 0 Å². The average molecular weight is 413 g/mol. The van der Waals surface area contributed by atoms with E-state index in [0.29, 0.717) is 56.8 Å². The molecule has 3 heterocycles. The zero-order valence-electron chi connectivity index (χ0n) is 17.1. The van der Waals surface area contributed by atoms with Crippen LogP contribution in [0.1, 0.15) is 31.4 Å². The lowest BCUT2D eigenvalue weighted by molar-refractivity contribution is -0.126. The number of pyridine rings is 1. The van der Waals surface area contributed by atoms with Crippen LogP contribution in [0.3, 0.4) is 0 Å². The monoisotopic (exact) mass is 412 g/mol. The van der Waals surface area contributed by atoms with Gasteiger partial charge in [0.25, 0.3) is 0 Å². The van der Waals surface area contributed by atoms with Crippen molar-refractivity contribution >= 4 is 11.6 Å². The molecule has 2 fully saturated rings. The maximum Gasteiger partial charge on any atom is 0.230 e. The highest BCUT2D eigenvalue weighted by molar-refractivity contribution is 5.86. The van der Waals surface area contributed by atoms with Gasteiger partial charge >= 0.3 is 0 Å². The van der Waals surface area contributed by atoms with Crippen molar-refractivity contribution < 1.29 is 14.3 Å². The summed E-state index contributed by atoms with van der Waals surface area (Å²) in [6.07, 6.45) is 4.26. The summed E-state index contributed by atoms with van der Waals surface area (Å²) in [6.45, 7) is 2.92. The van der Waals surface area contributed by atoms with E-state index in [0.717, 1.165) is 13.0 Å². The molecule has 7 heteroatoms. The van der Waals surface area contributed by atoms with E-state index in [-0.39, 0.29) is 11.7 Å². The maximum atomic E-state index is 14.1. The molecule has 0 aliphatic carbocycles. The molecule has 2 aliphatic rings. The van der Waals surface area contributed by atoms with Crippen molar-refractivity contribution in [3.63, 3.8) is 0 Å². The normalized spacial score (nSPS) is 24.5. The Bertz CT molecular complexity index is 886. The first kappa shape index (κ1) is 20.8. The lowest BCUT2D eigenvalue weighted by Gasteiger charge is -2.46. The number of piperidine rings is 2. The number of amides is 1. The maximum absolute atomic E-state index is 14.1. The lowest BCUT2D eigenvalue weighted by atomic mass is 9.75. The molecule has 160 valence electrons. The lowest BCUT2D eigenvalue weighted by Crippen LogP contribution is -2.58. The third-order valence-corrected chi connectivity index (χ3v) is 6.60. The van der Waals surface area contributed by atoms with Crippen LogP contribution >= 0.6 is 0 Å². The van der Waals surface area contributed by atoms with E-state index in [4.69, 9.17) is 5.73 Å². The van der Waals surface area contributed by atoms with Gasteiger partial charge in [-0.25, -0.2) is 4.39 Å². The van der Waals surface area contributed by atoms with Crippen LogP contribution in [-0.2, 0) is 10.2 Å². The largest absolute Gasteiger partial charge is 0.388 e. The van der Waals surface area contributed by atoms with Gasteiger partial charge in [0.05, 0.1) is 17.0 Å². The minimum absolute atomic E-state index is 0.236. The molecule has 2 aliphatic heterocycles. The second kappa shape index (κ2) is 8.32. The summed E-state index contributed by atoms with van der Waals surface area (Å²) in [7, 11) is 0. The number of halogens is 1. The molecule has 1 amide bonds. The fraction of sp³-hybridized carbons (Fsp3) is 0.478. The number of nitrogens with two attached hydrogens (primary N) is 1. The van der Waals surface area contributed by atoms with Crippen LogP contribution in [0.2, 0.25) is 0 Å². The minimum Gasteiger partial charge on any atom is -0.388 e. The summed E-state index contributed by atoms with van der Waals surface area (Å²) in [5.74, 6) is -0.604. The number of likely N-dealkylation sites (tertiary alicyclic amines) is 1. The smallest absolute Gasteiger partial charge is 0.230 e. The number of benzene rings is 1. The van der Waals surface area contributed by atoms with Crippen molar-refractivity contribution in [1.82, 2.24) is 9.88 Å². The third kappa shape index (κ3) is 4.04. The number of hydrogen-bond acceptors (Lipinski definition) is 5. The Kier molecular flexibility index (Phi) is 5.75. The summed E-state index contributed by atoms with van der Waals surface area (Å²) in [6, 6.07) is 12.3. The van der Waals surface area contributed by atoms with E-state index in [9.17, 15) is 14.3 Å².